The Morgan fingerprint density at radius 2 is 1.77 bits per heavy atom. The van der Waals surface area contributed by atoms with Crippen molar-refractivity contribution in [2.24, 2.45) is 5.92 Å². The number of fused-ring (bicyclic) bond motifs is 1. The van der Waals surface area contributed by atoms with Gasteiger partial charge in [-0.2, -0.15) is 0 Å². The highest BCUT2D eigenvalue weighted by Crippen LogP contribution is 2.42. The van der Waals surface area contributed by atoms with Crippen LogP contribution in [0, 0.1) is 11.7 Å². The molecule has 1 aromatic heterocycles. The number of phenols is 1. The average molecular weight is 550 g/mol. The first-order valence-corrected chi connectivity index (χ1v) is 13.4. The molecule has 5 rings (SSSR count). The van der Waals surface area contributed by atoms with Gasteiger partial charge in [0.25, 0.3) is 0 Å². The maximum atomic E-state index is 14.9. The summed E-state index contributed by atoms with van der Waals surface area (Å²) in [6, 6.07) is 12.4. The predicted octanol–water partition coefficient (Wildman–Crippen LogP) is 5.44. The SMILES string of the molecule is CC(C)N1CC2CN(c3cc(-c4cc(F)cc(-c5ccc(N(C=O)/C=C\N(C)C)c(Cl)c5)c4O)ccn3)CC21. The summed E-state index contributed by atoms with van der Waals surface area (Å²) in [6.45, 7) is 7.40. The van der Waals surface area contributed by atoms with E-state index in [4.69, 9.17) is 11.6 Å². The first-order chi connectivity index (χ1) is 18.7. The molecule has 2 unspecified atom stereocenters. The number of hydrogen-bond donors (Lipinski definition) is 1. The van der Waals surface area contributed by atoms with Gasteiger partial charge in [-0.25, -0.2) is 9.37 Å². The summed E-state index contributed by atoms with van der Waals surface area (Å²) < 4.78 is 14.9. The number of phenolic OH excluding ortho intramolecular Hbond substituents is 1. The Kier molecular flexibility index (Phi) is 7.51. The fraction of sp³-hybridized carbons (Fsp3) is 0.333. The lowest BCUT2D eigenvalue weighted by Gasteiger charge is -2.46. The maximum Gasteiger partial charge on any atom is 0.218 e. The molecule has 0 aliphatic carbocycles. The zero-order chi connectivity index (χ0) is 27.8. The zero-order valence-electron chi connectivity index (χ0n) is 22.6. The van der Waals surface area contributed by atoms with Gasteiger partial charge in [-0.15, -0.1) is 0 Å². The van der Waals surface area contributed by atoms with E-state index in [0.717, 1.165) is 25.5 Å². The number of likely N-dealkylation sites (tertiary alicyclic amines) is 1. The van der Waals surface area contributed by atoms with Crippen molar-refractivity contribution in [1.29, 1.82) is 0 Å². The molecule has 39 heavy (non-hydrogen) atoms. The minimum absolute atomic E-state index is 0.0513. The number of benzene rings is 2. The molecule has 0 saturated carbocycles. The van der Waals surface area contributed by atoms with Crippen LogP contribution >= 0.6 is 11.6 Å². The third-order valence-corrected chi connectivity index (χ3v) is 7.87. The van der Waals surface area contributed by atoms with E-state index < -0.39 is 5.82 Å². The number of amides is 1. The summed E-state index contributed by atoms with van der Waals surface area (Å²) in [7, 11) is 3.69. The van der Waals surface area contributed by atoms with Crippen LogP contribution in [0.4, 0.5) is 15.9 Å². The van der Waals surface area contributed by atoms with E-state index in [-0.39, 0.29) is 5.75 Å². The molecule has 3 heterocycles. The number of rotatable bonds is 8. The van der Waals surface area contributed by atoms with Gasteiger partial charge >= 0.3 is 0 Å². The highest BCUT2D eigenvalue weighted by molar-refractivity contribution is 6.34. The van der Waals surface area contributed by atoms with Crippen molar-refractivity contribution >= 4 is 29.5 Å². The van der Waals surface area contributed by atoms with E-state index in [1.165, 1.54) is 17.0 Å². The number of aromatic hydroxyl groups is 1. The molecule has 2 atom stereocenters. The standard InChI is InChI=1S/C30H33ClFN5O2/c1-19(2)37-16-22-15-36(17-28(22)37)29-12-21(7-8-33-29)25-14-23(32)13-24(30(25)39)20-5-6-27(26(31)11-20)35(18-38)10-9-34(3)4/h5-14,18-19,22,28,39H,15-17H2,1-4H3/b10-9-. The summed E-state index contributed by atoms with van der Waals surface area (Å²) in [6.07, 6.45) is 5.68. The van der Waals surface area contributed by atoms with Crippen molar-refractivity contribution in [3.05, 3.63) is 71.9 Å². The third-order valence-electron chi connectivity index (χ3n) is 7.57. The van der Waals surface area contributed by atoms with Gasteiger partial charge in [-0.3, -0.25) is 14.6 Å². The van der Waals surface area contributed by atoms with Crippen molar-refractivity contribution in [2.75, 3.05) is 43.5 Å². The predicted molar refractivity (Wildman–Crippen MR) is 154 cm³/mol. The molecule has 2 aromatic carbocycles. The molecule has 2 aliphatic heterocycles. The summed E-state index contributed by atoms with van der Waals surface area (Å²) in [5.74, 6) is 0.924. The first kappa shape index (κ1) is 27.0. The van der Waals surface area contributed by atoms with Crippen LogP contribution in [0.5, 0.6) is 5.75 Å². The van der Waals surface area contributed by atoms with Gasteiger partial charge in [0.05, 0.1) is 10.7 Å². The Morgan fingerprint density at radius 1 is 1.05 bits per heavy atom. The number of halogens is 2. The Bertz CT molecular complexity index is 1410. The minimum atomic E-state index is -0.480. The molecule has 0 bridgehead atoms. The number of aromatic nitrogens is 1. The van der Waals surface area contributed by atoms with Gasteiger partial charge in [0, 0.05) is 81.5 Å². The largest absolute Gasteiger partial charge is 0.507 e. The Balaban J connectivity index is 1.44. The maximum absolute atomic E-state index is 14.9. The van der Waals surface area contributed by atoms with E-state index in [1.54, 1.807) is 47.8 Å². The summed E-state index contributed by atoms with van der Waals surface area (Å²) >= 11 is 6.53. The lowest BCUT2D eigenvalue weighted by atomic mass is 9.90. The highest BCUT2D eigenvalue weighted by atomic mass is 35.5. The number of nitrogens with zero attached hydrogens (tertiary/aromatic N) is 5. The van der Waals surface area contributed by atoms with E-state index in [0.29, 0.717) is 57.4 Å². The summed E-state index contributed by atoms with van der Waals surface area (Å²) in [4.78, 5) is 24.2. The zero-order valence-corrected chi connectivity index (χ0v) is 23.3. The van der Waals surface area contributed by atoms with Crippen LogP contribution in [0.3, 0.4) is 0 Å². The molecule has 0 spiro atoms. The van der Waals surface area contributed by atoms with Crippen molar-refractivity contribution in [1.82, 2.24) is 14.8 Å². The number of carbonyl (C=O) groups is 1. The molecule has 204 valence electrons. The number of carbonyl (C=O) groups excluding carboxylic acids is 1. The van der Waals surface area contributed by atoms with Crippen LogP contribution in [-0.2, 0) is 4.79 Å². The van der Waals surface area contributed by atoms with Crippen molar-refractivity contribution in [3.63, 3.8) is 0 Å². The van der Waals surface area contributed by atoms with Crippen molar-refractivity contribution in [3.8, 4) is 28.0 Å². The number of pyridine rings is 1. The van der Waals surface area contributed by atoms with Crippen molar-refractivity contribution in [2.45, 2.75) is 25.9 Å². The second-order valence-corrected chi connectivity index (χ2v) is 11.1. The smallest absolute Gasteiger partial charge is 0.218 e. The van der Waals surface area contributed by atoms with Crippen LogP contribution < -0.4 is 9.80 Å². The third kappa shape index (κ3) is 5.31. The van der Waals surface area contributed by atoms with Gasteiger partial charge < -0.3 is 14.9 Å². The molecule has 3 aromatic rings. The molecule has 2 fully saturated rings. The molecule has 2 aliphatic rings. The first-order valence-electron chi connectivity index (χ1n) is 13.0. The van der Waals surface area contributed by atoms with E-state index in [9.17, 15) is 14.3 Å². The highest BCUT2D eigenvalue weighted by Gasteiger charge is 2.46. The lowest BCUT2D eigenvalue weighted by Crippen LogP contribution is -2.58. The minimum Gasteiger partial charge on any atom is -0.507 e. The quantitative estimate of drug-likeness (QED) is 0.378. The monoisotopic (exact) mass is 549 g/mol. The second-order valence-electron chi connectivity index (χ2n) is 10.7. The fourth-order valence-electron chi connectivity index (χ4n) is 5.52. The van der Waals surface area contributed by atoms with E-state index in [2.05, 4.69) is 28.6 Å². The Morgan fingerprint density at radius 3 is 2.41 bits per heavy atom. The topological polar surface area (TPSA) is 63.2 Å². The van der Waals surface area contributed by atoms with Crippen molar-refractivity contribution < 1.29 is 14.3 Å². The molecule has 1 N–H and O–H groups in total. The molecule has 7 nitrogen and oxygen atoms in total. The summed E-state index contributed by atoms with van der Waals surface area (Å²) in [5.41, 5.74) is 2.37. The number of hydrogen-bond acceptors (Lipinski definition) is 6. The van der Waals surface area contributed by atoms with Gasteiger partial charge in [0.1, 0.15) is 17.4 Å². The van der Waals surface area contributed by atoms with Crippen LogP contribution in [0.1, 0.15) is 13.8 Å². The van der Waals surface area contributed by atoms with Gasteiger partial charge in [-0.1, -0.05) is 17.7 Å². The molecular weight excluding hydrogens is 517 g/mol. The van der Waals surface area contributed by atoms with Crippen LogP contribution in [0.2, 0.25) is 5.02 Å². The Labute approximate surface area is 233 Å². The van der Waals surface area contributed by atoms with E-state index >= 15 is 0 Å². The average Bonchev–Trinajstić information content (AvgIpc) is 3.21. The number of anilines is 2. The van der Waals surface area contributed by atoms with Crippen LogP contribution in [0.15, 0.2) is 61.1 Å². The van der Waals surface area contributed by atoms with Gasteiger partial charge in [0.2, 0.25) is 6.41 Å². The lowest BCUT2D eigenvalue weighted by molar-refractivity contribution is -0.106. The normalized spacial score (nSPS) is 18.9. The molecule has 0 radical (unpaired) electrons. The Hall–Kier alpha value is -3.62. The second kappa shape index (κ2) is 10.9. The molecule has 9 heteroatoms. The molecule has 1 amide bonds. The molecular formula is C30H33ClFN5O2. The van der Waals surface area contributed by atoms with Crippen LogP contribution in [0.25, 0.3) is 22.3 Å². The molecule has 2 saturated heterocycles. The van der Waals surface area contributed by atoms with Gasteiger partial charge in [-0.05, 0) is 61.4 Å². The van der Waals surface area contributed by atoms with Gasteiger partial charge in [0.15, 0.2) is 0 Å². The van der Waals surface area contributed by atoms with E-state index in [1.807, 2.05) is 20.2 Å². The van der Waals surface area contributed by atoms with Crippen LogP contribution in [-0.4, -0.2) is 72.1 Å². The summed E-state index contributed by atoms with van der Waals surface area (Å²) in [5, 5.41) is 11.6. The fourth-order valence-corrected chi connectivity index (χ4v) is 5.80.